The smallest absolute Gasteiger partial charge is 0.251 e. The number of hydrogen-bond acceptors (Lipinski definition) is 8. The van der Waals surface area contributed by atoms with E-state index in [0.29, 0.717) is 41.0 Å². The van der Waals surface area contributed by atoms with Crippen molar-refractivity contribution >= 4 is 47.4 Å². The topological polar surface area (TPSA) is 180 Å². The summed E-state index contributed by atoms with van der Waals surface area (Å²) < 4.78 is 0. The van der Waals surface area contributed by atoms with Gasteiger partial charge in [0.2, 0.25) is 17.6 Å². The lowest BCUT2D eigenvalue weighted by Gasteiger charge is -2.28. The van der Waals surface area contributed by atoms with Gasteiger partial charge in [-0.1, -0.05) is 41.9 Å². The molecule has 2 atom stereocenters. The zero-order valence-electron chi connectivity index (χ0n) is 27.0. The largest absolute Gasteiger partial charge is 0.348 e. The molecule has 1 aliphatic carbocycles. The number of hydrogen-bond donors (Lipinski definition) is 6. The summed E-state index contributed by atoms with van der Waals surface area (Å²) in [5.41, 5.74) is 10.2. The fourth-order valence-electron chi connectivity index (χ4n) is 6.37. The Morgan fingerprint density at radius 3 is 2.31 bits per heavy atom. The van der Waals surface area contributed by atoms with Crippen LogP contribution >= 0.6 is 24.0 Å². The Morgan fingerprint density at radius 1 is 0.939 bits per heavy atom. The van der Waals surface area contributed by atoms with Gasteiger partial charge in [-0.15, -0.1) is 22.6 Å². The van der Waals surface area contributed by atoms with E-state index in [1.807, 2.05) is 30.3 Å². The number of tetrazole rings is 1. The molecule has 1 aromatic heterocycles. The lowest BCUT2D eigenvalue weighted by molar-refractivity contribution is -0.130. The molecular weight excluding hydrogens is 665 g/mol. The Hall–Kier alpha value is -4.36. The average molecular weight is 707 g/mol. The van der Waals surface area contributed by atoms with Gasteiger partial charge in [0.25, 0.3) is 5.91 Å². The van der Waals surface area contributed by atoms with Crippen molar-refractivity contribution in [2.75, 3.05) is 25.0 Å². The molecule has 14 heteroatoms. The van der Waals surface area contributed by atoms with Gasteiger partial charge in [0.15, 0.2) is 0 Å². The van der Waals surface area contributed by atoms with Gasteiger partial charge in [-0.2, -0.15) is 5.21 Å². The first-order valence-corrected chi connectivity index (χ1v) is 16.8. The van der Waals surface area contributed by atoms with Crippen LogP contribution in [0.1, 0.15) is 48.0 Å². The number of halogens is 2. The minimum Gasteiger partial charge on any atom is -0.348 e. The van der Waals surface area contributed by atoms with Gasteiger partial charge in [0, 0.05) is 52.3 Å². The molecule has 7 N–H and O–H groups in total. The van der Waals surface area contributed by atoms with Crippen molar-refractivity contribution in [1.82, 2.24) is 36.6 Å². The monoisotopic (exact) mass is 705 g/mol. The van der Waals surface area contributed by atoms with E-state index in [9.17, 15) is 14.4 Å². The van der Waals surface area contributed by atoms with Crippen LogP contribution in [0, 0.1) is 11.8 Å². The number of nitrogens with two attached hydrogens (primary N) is 1. The van der Waals surface area contributed by atoms with Crippen LogP contribution in [0.15, 0.2) is 66.7 Å². The number of aromatic amines is 1. The van der Waals surface area contributed by atoms with Gasteiger partial charge in [0.1, 0.15) is 6.04 Å². The van der Waals surface area contributed by atoms with Gasteiger partial charge < -0.3 is 27.0 Å². The van der Waals surface area contributed by atoms with Gasteiger partial charge >= 0.3 is 0 Å². The van der Waals surface area contributed by atoms with Crippen LogP contribution in [-0.4, -0.2) is 70.1 Å². The third-order valence-corrected chi connectivity index (χ3v) is 9.58. The van der Waals surface area contributed by atoms with Gasteiger partial charge in [-0.05, 0) is 104 Å². The first kappa shape index (κ1) is 35.9. The second-order valence-electron chi connectivity index (χ2n) is 12.6. The maximum absolute atomic E-state index is 13.6. The highest BCUT2D eigenvalue weighted by molar-refractivity contribution is 6.33. The molecule has 6 rings (SSSR count). The molecule has 2 fully saturated rings. The normalized spacial score (nSPS) is 19.3. The number of anilines is 1. The van der Waals surface area contributed by atoms with Crippen molar-refractivity contribution in [3.8, 4) is 22.5 Å². The molecule has 12 nitrogen and oxygen atoms in total. The predicted octanol–water partition coefficient (Wildman–Crippen LogP) is 4.13. The third kappa shape index (κ3) is 9.21. The fourth-order valence-corrected chi connectivity index (χ4v) is 6.66. The number of nitrogens with one attached hydrogen (secondary N) is 5. The van der Waals surface area contributed by atoms with E-state index in [4.69, 9.17) is 17.3 Å². The van der Waals surface area contributed by atoms with Crippen LogP contribution in [0.2, 0.25) is 5.02 Å². The van der Waals surface area contributed by atoms with E-state index in [1.165, 1.54) is 0 Å². The lowest BCUT2D eigenvalue weighted by atomic mass is 9.81. The summed E-state index contributed by atoms with van der Waals surface area (Å²) in [7, 11) is 0. The molecule has 0 unspecified atom stereocenters. The standard InChI is InChI=1S/C35H40ClN9O3.ClH/c36-30-18-26(34(47)40-28-15-16-38-20-28)11-14-29(30)23-5-1-21(2-6-23)17-31(41-33(46)25-7-3-22(19-37)4-8-25)35(48)39-27-12-9-24(10-13-27)32-42-44-45-43-32;/h1-2,5-6,9-14,18,22,25,28,31,38H,3-4,7-8,15-17,19-20,37H2,(H,39,48)(H,40,47)(H,41,46)(H,42,43,44,45);1H/t22-,25-,28-,31-;/m0./s1. The van der Waals surface area contributed by atoms with Crippen LogP contribution in [0.25, 0.3) is 22.5 Å². The molecule has 49 heavy (non-hydrogen) atoms. The molecule has 0 spiro atoms. The summed E-state index contributed by atoms with van der Waals surface area (Å²) in [4.78, 5) is 39.7. The minimum atomic E-state index is -0.802. The van der Waals surface area contributed by atoms with Gasteiger partial charge in [0.05, 0.1) is 0 Å². The number of amides is 3. The fraction of sp³-hybridized carbons (Fsp3) is 0.371. The predicted molar refractivity (Wildman–Crippen MR) is 191 cm³/mol. The second kappa shape index (κ2) is 16.8. The highest BCUT2D eigenvalue weighted by Crippen LogP contribution is 2.30. The molecule has 0 bridgehead atoms. The van der Waals surface area contributed by atoms with Crippen molar-refractivity contribution in [2.24, 2.45) is 17.6 Å². The number of aromatic nitrogens is 4. The van der Waals surface area contributed by atoms with Gasteiger partial charge in [-0.25, -0.2) is 0 Å². The number of carbonyl (C=O) groups is 3. The number of nitrogens with zero attached hydrogens (tertiary/aromatic N) is 3. The average Bonchev–Trinajstić information content (AvgIpc) is 3.84. The summed E-state index contributed by atoms with van der Waals surface area (Å²) in [5, 5.41) is 26.7. The maximum atomic E-state index is 13.6. The van der Waals surface area contributed by atoms with Gasteiger partial charge in [-0.3, -0.25) is 14.4 Å². The van der Waals surface area contributed by atoms with Crippen LogP contribution in [0.4, 0.5) is 5.69 Å². The van der Waals surface area contributed by atoms with Crippen molar-refractivity contribution in [2.45, 2.75) is 50.6 Å². The first-order chi connectivity index (χ1) is 23.4. The summed E-state index contributed by atoms with van der Waals surface area (Å²) in [5.74, 6) is 0.162. The Labute approximate surface area is 296 Å². The van der Waals surface area contributed by atoms with Crippen molar-refractivity contribution < 1.29 is 14.4 Å². The highest BCUT2D eigenvalue weighted by Gasteiger charge is 2.29. The van der Waals surface area contributed by atoms with Crippen molar-refractivity contribution in [3.05, 3.63) is 82.9 Å². The zero-order chi connectivity index (χ0) is 33.5. The molecule has 2 heterocycles. The van der Waals surface area contributed by atoms with Crippen molar-refractivity contribution in [3.63, 3.8) is 0 Å². The van der Waals surface area contributed by atoms with Crippen LogP contribution in [0.5, 0.6) is 0 Å². The minimum absolute atomic E-state index is 0. The molecule has 1 saturated carbocycles. The number of rotatable bonds is 11. The van der Waals surface area contributed by atoms with Crippen molar-refractivity contribution in [1.29, 1.82) is 0 Å². The van der Waals surface area contributed by atoms with E-state index in [1.54, 1.807) is 36.4 Å². The van der Waals surface area contributed by atoms with Crippen LogP contribution in [-0.2, 0) is 16.0 Å². The van der Waals surface area contributed by atoms with Crippen LogP contribution < -0.4 is 27.0 Å². The highest BCUT2D eigenvalue weighted by atomic mass is 35.5. The molecule has 258 valence electrons. The van der Waals surface area contributed by atoms with E-state index in [2.05, 4.69) is 41.9 Å². The SMILES string of the molecule is Cl.NC[C@H]1CC[C@H](C(=O)N[C@@H](Cc2ccc(-c3ccc(C(=O)N[C@H]4CCNC4)cc3Cl)cc2)C(=O)Nc2ccc(-c3nn[nH]n3)cc2)CC1. The molecule has 4 aromatic rings. The number of carbonyl (C=O) groups excluding carboxylic acids is 3. The summed E-state index contributed by atoms with van der Waals surface area (Å²) in [6, 6.07) is 19.5. The van der Waals surface area contributed by atoms with E-state index in [0.717, 1.165) is 67.4 Å². The molecule has 0 radical (unpaired) electrons. The summed E-state index contributed by atoms with van der Waals surface area (Å²) in [6.07, 6.45) is 4.53. The molecule has 1 aliphatic heterocycles. The Bertz CT molecular complexity index is 1710. The maximum Gasteiger partial charge on any atom is 0.251 e. The summed E-state index contributed by atoms with van der Waals surface area (Å²) >= 11 is 6.64. The zero-order valence-corrected chi connectivity index (χ0v) is 28.5. The molecular formula is C35H41Cl2N9O3. The number of benzene rings is 3. The lowest BCUT2D eigenvalue weighted by Crippen LogP contribution is -2.48. The van der Waals surface area contributed by atoms with Crippen LogP contribution in [0.3, 0.4) is 0 Å². The molecule has 1 saturated heterocycles. The molecule has 2 aliphatic rings. The third-order valence-electron chi connectivity index (χ3n) is 9.27. The second-order valence-corrected chi connectivity index (χ2v) is 13.0. The van der Waals surface area contributed by atoms with E-state index < -0.39 is 6.04 Å². The Morgan fingerprint density at radius 2 is 1.67 bits per heavy atom. The Balaban J connectivity index is 0.00000468. The summed E-state index contributed by atoms with van der Waals surface area (Å²) in [6.45, 7) is 2.29. The molecule has 3 aromatic carbocycles. The van der Waals surface area contributed by atoms with E-state index in [-0.39, 0.29) is 42.1 Å². The quantitative estimate of drug-likeness (QED) is 0.135. The van der Waals surface area contributed by atoms with E-state index >= 15 is 0 Å². The first-order valence-electron chi connectivity index (χ1n) is 16.4. The number of H-pyrrole nitrogens is 1. The molecule has 3 amide bonds. The Kier molecular flexibility index (Phi) is 12.4.